The molecule has 0 spiro atoms. The largest absolute Gasteiger partial charge is 0.479 e. The van der Waals surface area contributed by atoms with Crippen LogP contribution < -0.4 is 15.4 Å². The van der Waals surface area contributed by atoms with Crippen LogP contribution in [0.3, 0.4) is 0 Å². The van der Waals surface area contributed by atoms with E-state index in [2.05, 4.69) is 20.8 Å². The predicted molar refractivity (Wildman–Crippen MR) is 99.7 cm³/mol. The van der Waals surface area contributed by atoms with Crippen molar-refractivity contribution in [2.24, 2.45) is 0 Å². The first-order valence-corrected chi connectivity index (χ1v) is 9.29. The number of carbonyl (C=O) groups is 2. The van der Waals surface area contributed by atoms with Crippen molar-refractivity contribution in [3.8, 4) is 17.1 Å². The number of amides is 2. The molecule has 27 heavy (non-hydrogen) atoms. The molecule has 1 atom stereocenters. The maximum atomic E-state index is 12.2. The number of nitrogens with one attached hydrogen (secondary N) is 2. The molecule has 0 saturated carbocycles. The predicted octanol–water partition coefficient (Wildman–Crippen LogP) is 3.09. The summed E-state index contributed by atoms with van der Waals surface area (Å²) in [4.78, 5) is 28.2. The van der Waals surface area contributed by atoms with Crippen LogP contribution in [0.1, 0.15) is 19.2 Å². The highest BCUT2D eigenvalue weighted by atomic mass is 32.1. The second-order valence-corrected chi connectivity index (χ2v) is 6.81. The molecule has 0 aliphatic carbocycles. The van der Waals surface area contributed by atoms with Gasteiger partial charge < -0.3 is 19.9 Å². The Balaban J connectivity index is 1.35. The maximum Gasteiger partial charge on any atom is 0.265 e. The third kappa shape index (κ3) is 3.82. The lowest BCUT2D eigenvalue weighted by Gasteiger charge is -2.23. The Kier molecular flexibility index (Phi) is 4.59. The quantitative estimate of drug-likeness (QED) is 0.700. The molecule has 0 unspecified atom stereocenters. The number of carbonyl (C=O) groups excluding carboxylic acids is 2. The fourth-order valence-corrected chi connectivity index (χ4v) is 3.23. The molecule has 0 radical (unpaired) electrons. The summed E-state index contributed by atoms with van der Waals surface area (Å²) in [7, 11) is 0. The van der Waals surface area contributed by atoms with E-state index in [1.54, 1.807) is 36.5 Å². The molecule has 3 heterocycles. The monoisotopic (exact) mass is 384 g/mol. The van der Waals surface area contributed by atoms with E-state index in [1.807, 2.05) is 16.8 Å². The lowest BCUT2D eigenvalue weighted by atomic mass is 10.2. The minimum atomic E-state index is -0.536. The molecular formula is C18H16N4O4S. The Morgan fingerprint density at radius 1 is 1.37 bits per heavy atom. The minimum absolute atomic E-state index is 0.193. The summed E-state index contributed by atoms with van der Waals surface area (Å²) in [6.07, 6.45) is -0.000577. The molecule has 0 bridgehead atoms. The first kappa shape index (κ1) is 17.2. The molecule has 4 rings (SSSR count). The normalized spacial score (nSPS) is 15.6. The molecule has 2 N–H and O–H groups in total. The molecule has 0 saturated heterocycles. The second kappa shape index (κ2) is 7.20. The third-order valence-corrected chi connectivity index (χ3v) is 4.69. The van der Waals surface area contributed by atoms with Crippen LogP contribution in [-0.4, -0.2) is 28.1 Å². The van der Waals surface area contributed by atoms with Crippen LogP contribution in [0.15, 0.2) is 39.5 Å². The Labute approximate surface area is 158 Å². The highest BCUT2D eigenvalue weighted by molar-refractivity contribution is 7.08. The van der Waals surface area contributed by atoms with Crippen LogP contribution in [0.25, 0.3) is 11.4 Å². The van der Waals surface area contributed by atoms with E-state index < -0.39 is 6.10 Å². The van der Waals surface area contributed by atoms with Gasteiger partial charge in [0.25, 0.3) is 5.91 Å². The lowest BCUT2D eigenvalue weighted by molar-refractivity contribution is -0.122. The number of fused-ring (bicyclic) bond motifs is 1. The molecule has 0 fully saturated rings. The topological polar surface area (TPSA) is 106 Å². The number of benzene rings is 1. The van der Waals surface area contributed by atoms with E-state index >= 15 is 0 Å². The Morgan fingerprint density at radius 3 is 3.07 bits per heavy atom. The van der Waals surface area contributed by atoms with E-state index in [4.69, 9.17) is 9.26 Å². The maximum absolute atomic E-state index is 12.2. The fraction of sp³-hybridized carbons (Fsp3) is 0.222. The SMILES string of the molecule is C[C@H]1Oc2ccc(NC(=O)CCc3nc(-c4ccsc4)no3)cc2NC1=O. The van der Waals surface area contributed by atoms with Crippen molar-refractivity contribution in [3.63, 3.8) is 0 Å². The van der Waals surface area contributed by atoms with E-state index in [-0.39, 0.29) is 18.2 Å². The molecule has 1 aliphatic rings. The molecule has 2 aromatic heterocycles. The van der Waals surface area contributed by atoms with Gasteiger partial charge >= 0.3 is 0 Å². The second-order valence-electron chi connectivity index (χ2n) is 6.03. The van der Waals surface area contributed by atoms with Crippen LogP contribution in [0.5, 0.6) is 5.75 Å². The number of thiophene rings is 1. The van der Waals surface area contributed by atoms with Crippen molar-refractivity contribution in [2.75, 3.05) is 10.6 Å². The van der Waals surface area contributed by atoms with E-state index in [0.29, 0.717) is 35.3 Å². The van der Waals surface area contributed by atoms with Gasteiger partial charge in [-0.05, 0) is 36.6 Å². The summed E-state index contributed by atoms with van der Waals surface area (Å²) in [5, 5.41) is 13.3. The van der Waals surface area contributed by atoms with Gasteiger partial charge in [-0.2, -0.15) is 16.3 Å². The van der Waals surface area contributed by atoms with Gasteiger partial charge in [0.2, 0.25) is 17.6 Å². The highest BCUT2D eigenvalue weighted by Crippen LogP contribution is 2.32. The number of ether oxygens (including phenoxy) is 1. The average Bonchev–Trinajstić information content (AvgIpc) is 3.33. The number of nitrogens with zero attached hydrogens (tertiary/aromatic N) is 2. The number of anilines is 2. The summed E-state index contributed by atoms with van der Waals surface area (Å²) in [6, 6.07) is 7.01. The molecule has 9 heteroatoms. The van der Waals surface area contributed by atoms with Gasteiger partial charge in [0.1, 0.15) is 5.75 Å². The molecule has 2 amide bonds. The zero-order chi connectivity index (χ0) is 18.8. The molecular weight excluding hydrogens is 368 g/mol. The van der Waals surface area contributed by atoms with Crippen LogP contribution in [0.2, 0.25) is 0 Å². The van der Waals surface area contributed by atoms with Crippen molar-refractivity contribution < 1.29 is 18.8 Å². The van der Waals surface area contributed by atoms with Crippen molar-refractivity contribution >= 4 is 34.5 Å². The van der Waals surface area contributed by atoms with E-state index in [0.717, 1.165) is 5.56 Å². The molecule has 1 aliphatic heterocycles. The summed E-state index contributed by atoms with van der Waals surface area (Å²) in [5.41, 5.74) is 2.00. The van der Waals surface area contributed by atoms with Crippen LogP contribution >= 0.6 is 11.3 Å². The van der Waals surface area contributed by atoms with Crippen molar-refractivity contribution in [2.45, 2.75) is 25.9 Å². The number of aromatic nitrogens is 2. The summed E-state index contributed by atoms with van der Waals surface area (Å²) in [5.74, 6) is 1.09. The number of rotatable bonds is 5. The van der Waals surface area contributed by atoms with E-state index in [9.17, 15) is 9.59 Å². The third-order valence-electron chi connectivity index (χ3n) is 4.01. The number of aryl methyl sites for hydroxylation is 1. The fourth-order valence-electron chi connectivity index (χ4n) is 2.60. The van der Waals surface area contributed by atoms with Crippen LogP contribution in [0.4, 0.5) is 11.4 Å². The van der Waals surface area contributed by atoms with E-state index in [1.165, 1.54) is 0 Å². The molecule has 1 aromatic carbocycles. The van der Waals surface area contributed by atoms with Gasteiger partial charge in [-0.3, -0.25) is 9.59 Å². The van der Waals surface area contributed by atoms with Crippen molar-refractivity contribution in [1.82, 2.24) is 10.1 Å². The van der Waals surface area contributed by atoms with Crippen molar-refractivity contribution in [3.05, 3.63) is 40.9 Å². The number of hydrogen-bond donors (Lipinski definition) is 2. The molecule has 138 valence electrons. The average molecular weight is 384 g/mol. The Morgan fingerprint density at radius 2 is 2.26 bits per heavy atom. The summed E-state index contributed by atoms with van der Waals surface area (Å²) in [6.45, 7) is 1.68. The summed E-state index contributed by atoms with van der Waals surface area (Å²) < 4.78 is 10.7. The Hall–Kier alpha value is -3.20. The summed E-state index contributed by atoms with van der Waals surface area (Å²) >= 11 is 1.55. The van der Waals surface area contributed by atoms with Gasteiger partial charge in [-0.1, -0.05) is 5.16 Å². The zero-order valence-corrected chi connectivity index (χ0v) is 15.2. The molecule has 3 aromatic rings. The van der Waals surface area contributed by atoms with Gasteiger partial charge in [0, 0.05) is 29.5 Å². The number of hydrogen-bond acceptors (Lipinski definition) is 7. The highest BCUT2D eigenvalue weighted by Gasteiger charge is 2.23. The standard InChI is InChI=1S/C18H16N4O4S/c1-10-18(24)20-13-8-12(2-3-14(13)25-10)19-15(23)4-5-16-21-17(22-26-16)11-6-7-27-9-11/h2-3,6-10H,4-5H2,1H3,(H,19,23)(H,20,24)/t10-/m1/s1. The van der Waals surface area contributed by atoms with Gasteiger partial charge in [0.05, 0.1) is 5.69 Å². The molecule has 8 nitrogen and oxygen atoms in total. The smallest absolute Gasteiger partial charge is 0.265 e. The first-order chi connectivity index (χ1) is 13.1. The van der Waals surface area contributed by atoms with Crippen LogP contribution in [-0.2, 0) is 16.0 Å². The zero-order valence-electron chi connectivity index (χ0n) is 14.4. The minimum Gasteiger partial charge on any atom is -0.479 e. The van der Waals surface area contributed by atoms with Crippen molar-refractivity contribution in [1.29, 1.82) is 0 Å². The van der Waals surface area contributed by atoms with Gasteiger partial charge in [-0.25, -0.2) is 0 Å². The van der Waals surface area contributed by atoms with Crippen LogP contribution in [0, 0.1) is 0 Å². The Bertz CT molecular complexity index is 983. The lowest BCUT2D eigenvalue weighted by Crippen LogP contribution is -2.34. The van der Waals surface area contributed by atoms with Gasteiger partial charge in [-0.15, -0.1) is 0 Å². The first-order valence-electron chi connectivity index (χ1n) is 8.35. The van der Waals surface area contributed by atoms with Gasteiger partial charge in [0.15, 0.2) is 6.10 Å².